The minimum atomic E-state index is 0.161. The number of likely N-dealkylation sites (N-methyl/N-ethyl adjacent to an activating group) is 1. The number of hydrogen-bond acceptors (Lipinski definition) is 4. The van der Waals surface area contributed by atoms with E-state index in [4.69, 9.17) is 14.5 Å². The van der Waals surface area contributed by atoms with Gasteiger partial charge in [-0.1, -0.05) is 17.7 Å². The van der Waals surface area contributed by atoms with E-state index in [9.17, 15) is 0 Å². The Bertz CT molecular complexity index is 635. The number of aryl methyl sites for hydroxylation is 1. The van der Waals surface area contributed by atoms with E-state index >= 15 is 0 Å². The van der Waals surface area contributed by atoms with E-state index in [0.717, 1.165) is 57.4 Å². The molecule has 2 aliphatic rings. The molecule has 29 heavy (non-hydrogen) atoms. The molecule has 0 aliphatic carbocycles. The van der Waals surface area contributed by atoms with E-state index < -0.39 is 0 Å². The monoisotopic (exact) mass is 402 g/mol. The number of nitrogens with zero attached hydrogens (tertiary/aromatic N) is 3. The molecule has 0 bridgehead atoms. The average molecular weight is 403 g/mol. The Balaban J connectivity index is 1.58. The van der Waals surface area contributed by atoms with Crippen molar-refractivity contribution in [2.24, 2.45) is 4.99 Å². The number of hydrogen-bond donors (Lipinski definition) is 1. The van der Waals surface area contributed by atoms with E-state index in [0.29, 0.717) is 6.61 Å². The van der Waals surface area contributed by atoms with Crippen molar-refractivity contribution in [3.05, 3.63) is 29.8 Å². The normalized spacial score (nSPS) is 19.9. The van der Waals surface area contributed by atoms with Gasteiger partial charge in [0.05, 0.1) is 13.1 Å². The molecule has 0 spiro atoms. The number of ether oxygens (including phenoxy) is 2. The van der Waals surface area contributed by atoms with Gasteiger partial charge in [0.25, 0.3) is 0 Å². The van der Waals surface area contributed by atoms with Crippen LogP contribution in [0.1, 0.15) is 38.2 Å². The maximum absolute atomic E-state index is 5.91. The van der Waals surface area contributed by atoms with Crippen molar-refractivity contribution in [2.75, 3.05) is 59.6 Å². The van der Waals surface area contributed by atoms with Crippen molar-refractivity contribution >= 4 is 5.96 Å². The zero-order valence-electron chi connectivity index (χ0n) is 18.5. The van der Waals surface area contributed by atoms with Crippen LogP contribution in [-0.2, 0) is 4.74 Å². The predicted octanol–water partition coefficient (Wildman–Crippen LogP) is 2.92. The molecule has 0 amide bonds. The van der Waals surface area contributed by atoms with Gasteiger partial charge in [-0.3, -0.25) is 9.89 Å². The first-order valence-electron chi connectivity index (χ1n) is 11.1. The fourth-order valence-corrected chi connectivity index (χ4v) is 4.25. The van der Waals surface area contributed by atoms with Gasteiger partial charge in [-0.25, -0.2) is 0 Å². The molecule has 0 saturated carbocycles. The highest BCUT2D eigenvalue weighted by Gasteiger charge is 2.39. The first-order valence-corrected chi connectivity index (χ1v) is 11.1. The van der Waals surface area contributed by atoms with Crippen LogP contribution >= 0.6 is 0 Å². The van der Waals surface area contributed by atoms with Gasteiger partial charge in [0, 0.05) is 32.3 Å². The summed E-state index contributed by atoms with van der Waals surface area (Å²) < 4.78 is 11.6. The van der Waals surface area contributed by atoms with Gasteiger partial charge in [-0.2, -0.15) is 0 Å². The molecule has 6 nitrogen and oxygen atoms in total. The predicted molar refractivity (Wildman–Crippen MR) is 119 cm³/mol. The standard InChI is InChI=1S/C23H38N4O2/c1-4-24-22(26(3)15-18-29-21-9-7-20(2)8-10-21)25-19-23(11-16-28-17-12-23)27-13-5-6-14-27/h7-10H,4-6,11-19H2,1-3H3,(H,24,25). The summed E-state index contributed by atoms with van der Waals surface area (Å²) in [5, 5.41) is 3.46. The summed E-state index contributed by atoms with van der Waals surface area (Å²) in [5.74, 6) is 1.88. The van der Waals surface area contributed by atoms with E-state index in [1.807, 2.05) is 12.1 Å². The second kappa shape index (κ2) is 10.8. The summed E-state index contributed by atoms with van der Waals surface area (Å²) in [6.07, 6.45) is 4.78. The third-order valence-electron chi connectivity index (χ3n) is 6.14. The van der Waals surface area contributed by atoms with Crippen LogP contribution in [0.3, 0.4) is 0 Å². The highest BCUT2D eigenvalue weighted by Crippen LogP contribution is 2.31. The molecule has 3 rings (SSSR count). The fourth-order valence-electron chi connectivity index (χ4n) is 4.25. The number of nitrogens with one attached hydrogen (secondary N) is 1. The molecule has 1 aromatic rings. The maximum Gasteiger partial charge on any atom is 0.193 e. The molecular formula is C23H38N4O2. The lowest BCUT2D eigenvalue weighted by atomic mass is 9.88. The highest BCUT2D eigenvalue weighted by molar-refractivity contribution is 5.79. The van der Waals surface area contributed by atoms with Crippen LogP contribution < -0.4 is 10.1 Å². The van der Waals surface area contributed by atoms with Crippen LogP contribution in [0.15, 0.2) is 29.3 Å². The topological polar surface area (TPSA) is 49.3 Å². The first-order chi connectivity index (χ1) is 14.1. The molecule has 0 atom stereocenters. The number of rotatable bonds is 8. The lowest BCUT2D eigenvalue weighted by Crippen LogP contribution is -2.54. The van der Waals surface area contributed by atoms with Crippen LogP contribution in [0.2, 0.25) is 0 Å². The van der Waals surface area contributed by atoms with Crippen molar-refractivity contribution in [1.82, 2.24) is 15.1 Å². The zero-order chi connectivity index (χ0) is 20.5. The summed E-state index contributed by atoms with van der Waals surface area (Å²) in [6, 6.07) is 8.21. The first kappa shape index (κ1) is 21.9. The zero-order valence-corrected chi connectivity index (χ0v) is 18.5. The van der Waals surface area contributed by atoms with Gasteiger partial charge in [-0.05, 0) is 64.8 Å². The van der Waals surface area contributed by atoms with Crippen LogP contribution in [-0.4, -0.2) is 80.9 Å². The average Bonchev–Trinajstić information content (AvgIpc) is 3.29. The molecule has 0 radical (unpaired) electrons. The summed E-state index contributed by atoms with van der Waals surface area (Å²) in [4.78, 5) is 9.91. The van der Waals surface area contributed by atoms with E-state index in [2.05, 4.69) is 48.1 Å². The van der Waals surface area contributed by atoms with Crippen molar-refractivity contribution in [2.45, 2.75) is 45.1 Å². The molecular weight excluding hydrogens is 364 g/mol. The largest absolute Gasteiger partial charge is 0.492 e. The third-order valence-corrected chi connectivity index (χ3v) is 6.14. The van der Waals surface area contributed by atoms with Crippen LogP contribution in [0.5, 0.6) is 5.75 Å². The minimum absolute atomic E-state index is 0.161. The summed E-state index contributed by atoms with van der Waals surface area (Å²) in [5.41, 5.74) is 1.41. The molecule has 2 saturated heterocycles. The number of guanidine groups is 1. The van der Waals surface area contributed by atoms with Crippen molar-refractivity contribution < 1.29 is 9.47 Å². The summed E-state index contributed by atoms with van der Waals surface area (Å²) in [7, 11) is 2.09. The Morgan fingerprint density at radius 3 is 2.55 bits per heavy atom. The quantitative estimate of drug-likeness (QED) is 0.535. The van der Waals surface area contributed by atoms with Gasteiger partial charge >= 0.3 is 0 Å². The SMILES string of the molecule is CCNC(=NCC1(N2CCCC2)CCOCC1)N(C)CCOc1ccc(C)cc1. The Kier molecular flexibility index (Phi) is 8.19. The third kappa shape index (κ3) is 6.09. The van der Waals surface area contributed by atoms with E-state index in [-0.39, 0.29) is 5.54 Å². The smallest absolute Gasteiger partial charge is 0.193 e. The number of benzene rings is 1. The molecule has 2 heterocycles. The second-order valence-corrected chi connectivity index (χ2v) is 8.28. The molecule has 2 fully saturated rings. The summed E-state index contributed by atoms with van der Waals surface area (Å²) in [6.45, 7) is 11.4. The molecule has 0 unspecified atom stereocenters. The lowest BCUT2D eigenvalue weighted by molar-refractivity contribution is -0.0139. The second-order valence-electron chi connectivity index (χ2n) is 8.28. The highest BCUT2D eigenvalue weighted by atomic mass is 16.5. The number of aliphatic imine (C=N–C) groups is 1. The minimum Gasteiger partial charge on any atom is -0.492 e. The fraction of sp³-hybridized carbons (Fsp3) is 0.696. The Morgan fingerprint density at radius 2 is 1.90 bits per heavy atom. The van der Waals surface area contributed by atoms with Crippen molar-refractivity contribution in [1.29, 1.82) is 0 Å². The van der Waals surface area contributed by atoms with Gasteiger partial charge < -0.3 is 19.7 Å². The maximum atomic E-state index is 5.91. The van der Waals surface area contributed by atoms with Gasteiger partial charge in [-0.15, -0.1) is 0 Å². The molecule has 6 heteroatoms. The van der Waals surface area contributed by atoms with Crippen molar-refractivity contribution in [3.8, 4) is 5.75 Å². The Labute approximate surface area is 176 Å². The molecule has 2 aliphatic heterocycles. The lowest BCUT2D eigenvalue weighted by Gasteiger charge is -2.43. The summed E-state index contributed by atoms with van der Waals surface area (Å²) >= 11 is 0. The van der Waals surface area contributed by atoms with Gasteiger partial charge in [0.2, 0.25) is 0 Å². The Morgan fingerprint density at radius 1 is 1.21 bits per heavy atom. The Hall–Kier alpha value is -1.79. The number of likely N-dealkylation sites (tertiary alicyclic amines) is 1. The molecule has 1 N–H and O–H groups in total. The van der Waals surface area contributed by atoms with Crippen LogP contribution in [0.4, 0.5) is 0 Å². The van der Waals surface area contributed by atoms with E-state index in [1.54, 1.807) is 0 Å². The van der Waals surface area contributed by atoms with Crippen molar-refractivity contribution in [3.63, 3.8) is 0 Å². The van der Waals surface area contributed by atoms with Crippen LogP contribution in [0.25, 0.3) is 0 Å². The molecule has 0 aromatic heterocycles. The van der Waals surface area contributed by atoms with Gasteiger partial charge in [0.15, 0.2) is 5.96 Å². The van der Waals surface area contributed by atoms with E-state index in [1.165, 1.54) is 31.5 Å². The molecule has 162 valence electrons. The van der Waals surface area contributed by atoms with Gasteiger partial charge in [0.1, 0.15) is 12.4 Å². The molecule has 1 aromatic carbocycles. The van der Waals surface area contributed by atoms with Crippen LogP contribution in [0, 0.1) is 6.92 Å².